The molecular formula is C24H32O4S2Sn. The molecule has 2 aromatic carbocycles. The first-order valence-electron chi connectivity index (χ1n) is 10.3. The summed E-state index contributed by atoms with van der Waals surface area (Å²) in [6.45, 7) is 4.58. The second-order valence-corrected chi connectivity index (χ2v) is 11.5. The van der Waals surface area contributed by atoms with Crippen LogP contribution in [0.4, 0.5) is 0 Å². The van der Waals surface area contributed by atoms with E-state index in [4.69, 9.17) is 9.47 Å². The molecule has 0 aromatic heterocycles. The van der Waals surface area contributed by atoms with Crippen molar-refractivity contribution in [2.24, 2.45) is 0 Å². The number of hydrogen-bond acceptors (Lipinski definition) is 6. The number of carbonyl (C=O) groups is 2. The van der Waals surface area contributed by atoms with E-state index in [0.29, 0.717) is 22.6 Å². The Morgan fingerprint density at radius 1 is 0.742 bits per heavy atom. The number of carbonyl (C=O) groups excluding carboxylic acids is 2. The molecule has 0 amide bonds. The largest absolute Gasteiger partial charge is 0.737 e. The average molecular weight is 567 g/mol. The van der Waals surface area contributed by atoms with Crippen LogP contribution in [0.25, 0.3) is 0 Å². The maximum atomic E-state index is 10.8. The first kappa shape index (κ1) is 29.6. The van der Waals surface area contributed by atoms with Gasteiger partial charge >= 0.3 is 69.5 Å². The Kier molecular flexibility index (Phi) is 18.5. The number of para-hydroxylation sites is 2. The molecule has 7 heteroatoms. The predicted octanol–water partition coefficient (Wildman–Crippen LogP) is 5.89. The predicted molar refractivity (Wildman–Crippen MR) is 135 cm³/mol. The molecule has 4 nitrogen and oxygen atoms in total. The van der Waals surface area contributed by atoms with Crippen molar-refractivity contribution in [2.75, 3.05) is 14.2 Å². The molecule has 2 rings (SSSR count). The number of unbranched alkanes of at least 4 members (excludes halogenated alkanes) is 2. The topological polar surface area (TPSA) is 52.6 Å². The Bertz CT molecular complexity index is 705. The summed E-state index contributed by atoms with van der Waals surface area (Å²) in [5.41, 5.74) is 0.898. The molecule has 0 unspecified atom stereocenters. The fourth-order valence-electron chi connectivity index (χ4n) is 2.36. The molecule has 31 heavy (non-hydrogen) atoms. The summed E-state index contributed by atoms with van der Waals surface area (Å²) in [5, 5.41) is -0.773. The molecule has 0 spiro atoms. The van der Waals surface area contributed by atoms with Crippen molar-refractivity contribution in [1.82, 2.24) is 0 Å². The minimum Gasteiger partial charge on any atom is -0.737 e. The molecule has 0 saturated heterocycles. The second kappa shape index (κ2) is 19.3. The minimum atomic E-state index is -0.387. The van der Waals surface area contributed by atoms with Crippen molar-refractivity contribution in [3.63, 3.8) is 0 Å². The van der Waals surface area contributed by atoms with Gasteiger partial charge in [-0.25, -0.2) is 0 Å². The van der Waals surface area contributed by atoms with Crippen molar-refractivity contribution in [3.05, 3.63) is 59.7 Å². The van der Waals surface area contributed by atoms with E-state index in [0.717, 1.165) is 0 Å². The molecule has 0 aliphatic heterocycles. The van der Waals surface area contributed by atoms with Crippen LogP contribution in [0.3, 0.4) is 0 Å². The van der Waals surface area contributed by atoms with E-state index in [1.807, 2.05) is 0 Å². The molecule has 0 N–H and O–H groups in total. The van der Waals surface area contributed by atoms with Crippen LogP contribution >= 0.6 is 0 Å². The standard InChI is InChI=1S/2C8H8O2S.2C4H9.Sn/c2*1-10-7-5-3-2-4-6(7)8(9)11;2*1-3-4-2;/h2*2-5H,1H3,(H,9,11);2*1,3-4H2,2H3;/q;;;;+2/p-2. The fourth-order valence-corrected chi connectivity index (χ4v) is 6.85. The zero-order valence-corrected chi connectivity index (χ0v) is 23.3. The molecule has 0 fully saturated rings. The summed E-state index contributed by atoms with van der Waals surface area (Å²) in [4.78, 5) is 21.5. The first-order chi connectivity index (χ1) is 14.9. The van der Waals surface area contributed by atoms with Gasteiger partial charge in [-0.1, -0.05) is 24.3 Å². The summed E-state index contributed by atoms with van der Waals surface area (Å²) in [6.07, 6.45) is 5.84. The minimum absolute atomic E-state index is 0.149. The fraction of sp³-hybridized carbons (Fsp3) is 0.417. The van der Waals surface area contributed by atoms with E-state index < -0.39 is 0 Å². The van der Waals surface area contributed by atoms with Crippen LogP contribution in [0, 0.1) is 0 Å². The van der Waals surface area contributed by atoms with Crippen LogP contribution in [-0.2, 0) is 25.3 Å². The molecule has 0 radical (unpaired) electrons. The zero-order chi connectivity index (χ0) is 23.5. The van der Waals surface area contributed by atoms with Gasteiger partial charge in [0.1, 0.15) is 11.5 Å². The molecule has 0 heterocycles. The molecule has 0 bridgehead atoms. The van der Waals surface area contributed by atoms with Crippen LogP contribution in [0.1, 0.15) is 60.2 Å². The number of methoxy groups -OCH3 is 2. The van der Waals surface area contributed by atoms with E-state index in [1.54, 1.807) is 57.4 Å². The maximum absolute atomic E-state index is 10.8. The van der Waals surface area contributed by atoms with Gasteiger partial charge in [-0.2, -0.15) is 0 Å². The normalized spacial score (nSPS) is 9.16. The van der Waals surface area contributed by atoms with E-state index >= 15 is 0 Å². The Morgan fingerprint density at radius 2 is 1.10 bits per heavy atom. The van der Waals surface area contributed by atoms with Crippen molar-refractivity contribution in [1.29, 1.82) is 0 Å². The van der Waals surface area contributed by atoms with E-state index in [-0.39, 0.29) is 31.4 Å². The number of hydrogen-bond donors (Lipinski definition) is 0. The van der Waals surface area contributed by atoms with Crippen molar-refractivity contribution in [3.8, 4) is 11.5 Å². The maximum Gasteiger partial charge on any atom is 0.127 e. The smallest absolute Gasteiger partial charge is 0.127 e. The van der Waals surface area contributed by atoms with Gasteiger partial charge in [-0.15, -0.1) is 0 Å². The van der Waals surface area contributed by atoms with Gasteiger partial charge in [0.25, 0.3) is 0 Å². The SMILES string of the molecule is CCC[CH2][Sn+2][CH2]CCC.COc1ccccc1C(=O)[S-].COc1ccccc1C(=O)[S-]. The Morgan fingerprint density at radius 3 is 1.35 bits per heavy atom. The van der Waals surface area contributed by atoms with Crippen LogP contribution in [0.5, 0.6) is 11.5 Å². The summed E-state index contributed by atoms with van der Waals surface area (Å²) in [6, 6.07) is 13.8. The van der Waals surface area contributed by atoms with Gasteiger partial charge in [-0.05, 0) is 24.3 Å². The molecular weight excluding hydrogens is 535 g/mol. The van der Waals surface area contributed by atoms with Gasteiger partial charge < -0.3 is 44.3 Å². The first-order valence-corrected chi connectivity index (χ1v) is 15.2. The molecule has 0 saturated carbocycles. The Labute approximate surface area is 208 Å². The molecule has 168 valence electrons. The zero-order valence-electron chi connectivity index (χ0n) is 18.8. The Balaban J connectivity index is 0.000000439. The average Bonchev–Trinajstić information content (AvgIpc) is 2.79. The molecule has 0 atom stereocenters. The van der Waals surface area contributed by atoms with E-state index in [1.165, 1.54) is 39.9 Å². The second-order valence-electron chi connectivity index (χ2n) is 6.43. The summed E-state index contributed by atoms with van der Waals surface area (Å²) >= 11 is 9.11. The number of ether oxygens (including phenoxy) is 2. The Hall–Kier alpha value is -1.38. The summed E-state index contributed by atoms with van der Waals surface area (Å²) < 4.78 is 13.1. The van der Waals surface area contributed by atoms with Gasteiger partial charge in [-0.3, -0.25) is 0 Å². The van der Waals surface area contributed by atoms with Crippen LogP contribution in [0.2, 0.25) is 8.87 Å². The van der Waals surface area contributed by atoms with Crippen LogP contribution in [-0.4, -0.2) is 45.6 Å². The van der Waals surface area contributed by atoms with E-state index in [9.17, 15) is 9.59 Å². The quantitative estimate of drug-likeness (QED) is 0.203. The van der Waals surface area contributed by atoms with Crippen molar-refractivity contribution in [2.45, 2.75) is 48.4 Å². The van der Waals surface area contributed by atoms with Gasteiger partial charge in [0, 0.05) is 21.4 Å². The summed E-state index contributed by atoms with van der Waals surface area (Å²) in [7, 11) is 3.02. The van der Waals surface area contributed by atoms with Crippen molar-refractivity contribution >= 4 is 56.6 Å². The molecule has 0 aliphatic carbocycles. The van der Waals surface area contributed by atoms with Crippen molar-refractivity contribution < 1.29 is 19.1 Å². The monoisotopic (exact) mass is 568 g/mol. The van der Waals surface area contributed by atoms with Crippen LogP contribution < -0.4 is 9.47 Å². The third-order valence-corrected chi connectivity index (χ3v) is 8.54. The third kappa shape index (κ3) is 13.6. The molecule has 2 aromatic rings. The van der Waals surface area contributed by atoms with Gasteiger partial charge in [0.2, 0.25) is 0 Å². The number of rotatable bonds is 10. The van der Waals surface area contributed by atoms with Gasteiger partial charge in [0.05, 0.1) is 14.2 Å². The molecule has 0 aliphatic rings. The van der Waals surface area contributed by atoms with Crippen LogP contribution in [0.15, 0.2) is 48.5 Å². The number of benzene rings is 2. The van der Waals surface area contributed by atoms with Gasteiger partial charge in [0.15, 0.2) is 0 Å². The summed E-state index contributed by atoms with van der Waals surface area (Å²) in [5.74, 6) is 1.07. The third-order valence-electron chi connectivity index (χ3n) is 4.07. The van der Waals surface area contributed by atoms with E-state index in [2.05, 4.69) is 39.1 Å².